The maximum atomic E-state index is 6.33. The summed E-state index contributed by atoms with van der Waals surface area (Å²) >= 11 is 0. The van der Waals surface area contributed by atoms with Crippen LogP contribution in [0.1, 0.15) is 22.3 Å². The molecule has 142 valence electrons. The number of hydrogen-bond acceptors (Lipinski definition) is 2. The molecule has 0 N–H and O–H groups in total. The highest BCUT2D eigenvalue weighted by molar-refractivity contribution is 5.64. The Morgan fingerprint density at radius 2 is 1.11 bits per heavy atom. The molecule has 0 aliphatic heterocycles. The van der Waals surface area contributed by atoms with E-state index in [9.17, 15) is 0 Å². The SMILES string of the molecule is C#CC(c1cccc(C)c1)(c1cccc(N(C)C)c1)c1cccc(N(C)C)c1. The predicted molar refractivity (Wildman–Crippen MR) is 121 cm³/mol. The Kier molecular flexibility index (Phi) is 5.47. The zero-order chi connectivity index (χ0) is 20.3. The molecule has 0 fully saturated rings. The van der Waals surface area contributed by atoms with E-state index in [-0.39, 0.29) is 0 Å². The van der Waals surface area contributed by atoms with Gasteiger partial charge in [-0.15, -0.1) is 6.42 Å². The lowest BCUT2D eigenvalue weighted by Crippen LogP contribution is -2.28. The van der Waals surface area contributed by atoms with E-state index in [1.165, 1.54) is 5.56 Å². The second kappa shape index (κ2) is 7.82. The molecule has 0 saturated carbocycles. The molecule has 3 aromatic rings. The molecule has 0 amide bonds. The zero-order valence-corrected chi connectivity index (χ0v) is 17.4. The fraction of sp³-hybridized carbons (Fsp3) is 0.231. The highest BCUT2D eigenvalue weighted by Gasteiger charge is 2.35. The molecule has 0 spiro atoms. The van der Waals surface area contributed by atoms with E-state index in [1.807, 2.05) is 0 Å². The van der Waals surface area contributed by atoms with Crippen molar-refractivity contribution in [2.24, 2.45) is 0 Å². The van der Waals surface area contributed by atoms with E-state index in [4.69, 9.17) is 6.42 Å². The van der Waals surface area contributed by atoms with Gasteiger partial charge in [-0.1, -0.05) is 60.0 Å². The second-order valence-corrected chi connectivity index (χ2v) is 7.65. The minimum atomic E-state index is -0.663. The molecule has 2 heteroatoms. The van der Waals surface area contributed by atoms with Gasteiger partial charge in [-0.25, -0.2) is 0 Å². The van der Waals surface area contributed by atoms with Crippen molar-refractivity contribution in [2.45, 2.75) is 12.3 Å². The van der Waals surface area contributed by atoms with Crippen LogP contribution < -0.4 is 9.80 Å². The first kappa shape index (κ1) is 19.6. The monoisotopic (exact) mass is 368 g/mol. The Balaban J connectivity index is 2.35. The highest BCUT2D eigenvalue weighted by Crippen LogP contribution is 2.41. The van der Waals surface area contributed by atoms with Crippen LogP contribution >= 0.6 is 0 Å². The smallest absolute Gasteiger partial charge is 0.106 e. The number of aryl methyl sites for hydroxylation is 1. The third-order valence-electron chi connectivity index (χ3n) is 5.26. The first-order valence-electron chi connectivity index (χ1n) is 9.49. The number of anilines is 2. The Bertz CT molecular complexity index is 957. The maximum absolute atomic E-state index is 6.33. The Morgan fingerprint density at radius 1 is 0.679 bits per heavy atom. The van der Waals surface area contributed by atoms with Crippen LogP contribution in [0.4, 0.5) is 11.4 Å². The van der Waals surface area contributed by atoms with Crippen molar-refractivity contribution < 1.29 is 0 Å². The van der Waals surface area contributed by atoms with Crippen molar-refractivity contribution in [2.75, 3.05) is 38.0 Å². The van der Waals surface area contributed by atoms with E-state index in [0.29, 0.717) is 0 Å². The van der Waals surface area contributed by atoms with Crippen molar-refractivity contribution >= 4 is 11.4 Å². The van der Waals surface area contributed by atoms with Crippen molar-refractivity contribution in [3.05, 3.63) is 95.1 Å². The van der Waals surface area contributed by atoms with E-state index in [1.54, 1.807) is 0 Å². The number of rotatable bonds is 5. The first-order chi connectivity index (χ1) is 13.4. The van der Waals surface area contributed by atoms with Gasteiger partial charge in [0.1, 0.15) is 5.41 Å². The average Bonchev–Trinajstić information content (AvgIpc) is 2.69. The van der Waals surface area contributed by atoms with Crippen molar-refractivity contribution in [1.29, 1.82) is 0 Å². The van der Waals surface area contributed by atoms with Gasteiger partial charge in [-0.05, 0) is 47.9 Å². The molecule has 2 nitrogen and oxygen atoms in total. The molecule has 28 heavy (non-hydrogen) atoms. The van der Waals surface area contributed by atoms with Crippen LogP contribution in [0.2, 0.25) is 0 Å². The molecule has 0 bridgehead atoms. The molecule has 0 atom stereocenters. The van der Waals surface area contributed by atoms with Crippen molar-refractivity contribution in [1.82, 2.24) is 0 Å². The molecule has 3 rings (SSSR count). The van der Waals surface area contributed by atoms with Crippen LogP contribution in [0.25, 0.3) is 0 Å². The van der Waals surface area contributed by atoms with Gasteiger partial charge in [0.05, 0.1) is 0 Å². The Labute approximate surface area is 169 Å². The summed E-state index contributed by atoms with van der Waals surface area (Å²) in [4.78, 5) is 4.22. The number of terminal acetylenes is 1. The van der Waals surface area contributed by atoms with Gasteiger partial charge in [-0.3, -0.25) is 0 Å². The van der Waals surface area contributed by atoms with E-state index >= 15 is 0 Å². The average molecular weight is 369 g/mol. The zero-order valence-electron chi connectivity index (χ0n) is 17.4. The van der Waals surface area contributed by atoms with Gasteiger partial charge in [0.15, 0.2) is 0 Å². The number of benzene rings is 3. The summed E-state index contributed by atoms with van der Waals surface area (Å²) in [5.41, 5.74) is 6.11. The van der Waals surface area contributed by atoms with Gasteiger partial charge in [0, 0.05) is 39.6 Å². The minimum absolute atomic E-state index is 0.663. The fourth-order valence-electron chi connectivity index (χ4n) is 3.66. The van der Waals surface area contributed by atoms with E-state index in [0.717, 1.165) is 28.1 Å². The lowest BCUT2D eigenvalue weighted by Gasteiger charge is -2.32. The summed E-state index contributed by atoms with van der Waals surface area (Å²) in [5.74, 6) is 3.19. The predicted octanol–water partition coefficient (Wildman–Crippen LogP) is 5.09. The van der Waals surface area contributed by atoms with Crippen LogP contribution in [0.3, 0.4) is 0 Å². The van der Waals surface area contributed by atoms with Crippen LogP contribution in [0.5, 0.6) is 0 Å². The summed E-state index contributed by atoms with van der Waals surface area (Å²) in [5, 5.41) is 0. The molecule has 0 aliphatic carbocycles. The third-order valence-corrected chi connectivity index (χ3v) is 5.26. The fourth-order valence-corrected chi connectivity index (χ4v) is 3.66. The standard InChI is InChI=1S/C26H28N2/c1-7-26(21-12-8-11-20(2)17-21,22-13-9-15-24(18-22)27(3)4)23-14-10-16-25(19-23)28(5)6/h1,8-19H,2-6H3. The molecule has 0 heterocycles. The summed E-state index contributed by atoms with van der Waals surface area (Å²) in [7, 11) is 8.21. The summed E-state index contributed by atoms with van der Waals surface area (Å²) in [6.07, 6.45) is 6.33. The summed E-state index contributed by atoms with van der Waals surface area (Å²) < 4.78 is 0. The molecular formula is C26H28N2. The number of hydrogen-bond donors (Lipinski definition) is 0. The van der Waals surface area contributed by atoms with Crippen LogP contribution in [0.15, 0.2) is 72.8 Å². The van der Waals surface area contributed by atoms with Gasteiger partial charge in [0.25, 0.3) is 0 Å². The van der Waals surface area contributed by atoms with Crippen molar-refractivity contribution in [3.63, 3.8) is 0 Å². The normalized spacial score (nSPS) is 11.0. The molecule has 0 radical (unpaired) electrons. The molecule has 0 aromatic heterocycles. The topological polar surface area (TPSA) is 6.48 Å². The van der Waals surface area contributed by atoms with Gasteiger partial charge < -0.3 is 9.80 Å². The Morgan fingerprint density at radius 3 is 1.50 bits per heavy atom. The molecule has 3 aromatic carbocycles. The minimum Gasteiger partial charge on any atom is -0.378 e. The molecular weight excluding hydrogens is 340 g/mol. The second-order valence-electron chi connectivity index (χ2n) is 7.65. The van der Waals surface area contributed by atoms with E-state index < -0.39 is 5.41 Å². The lowest BCUT2D eigenvalue weighted by molar-refractivity contribution is 0.807. The van der Waals surface area contributed by atoms with Crippen LogP contribution in [0, 0.1) is 19.3 Å². The molecule has 0 unspecified atom stereocenters. The third kappa shape index (κ3) is 3.49. The van der Waals surface area contributed by atoms with Crippen LogP contribution in [-0.2, 0) is 5.41 Å². The summed E-state index contributed by atoms with van der Waals surface area (Å²) in [6.45, 7) is 2.11. The lowest BCUT2D eigenvalue weighted by atomic mass is 9.69. The number of nitrogens with zero attached hydrogens (tertiary/aromatic N) is 2. The highest BCUT2D eigenvalue weighted by atomic mass is 15.1. The Hall–Kier alpha value is -3.18. The molecule has 0 saturated heterocycles. The maximum Gasteiger partial charge on any atom is 0.106 e. The first-order valence-corrected chi connectivity index (χ1v) is 9.49. The van der Waals surface area contributed by atoms with Gasteiger partial charge >= 0.3 is 0 Å². The van der Waals surface area contributed by atoms with Crippen LogP contribution in [-0.4, -0.2) is 28.2 Å². The van der Waals surface area contributed by atoms with Crippen molar-refractivity contribution in [3.8, 4) is 12.3 Å². The molecule has 0 aliphatic rings. The summed E-state index contributed by atoms with van der Waals surface area (Å²) in [6, 6.07) is 25.6. The van der Waals surface area contributed by atoms with Gasteiger partial charge in [-0.2, -0.15) is 0 Å². The largest absolute Gasteiger partial charge is 0.378 e. The van der Waals surface area contributed by atoms with Gasteiger partial charge in [0.2, 0.25) is 0 Å². The quantitative estimate of drug-likeness (QED) is 0.457. The van der Waals surface area contributed by atoms with E-state index in [2.05, 4.69) is 124 Å².